The molecule has 0 radical (unpaired) electrons. The summed E-state index contributed by atoms with van der Waals surface area (Å²) in [6, 6.07) is 4.67. The maximum Gasteiger partial charge on any atom is 0.337 e. The van der Waals surface area contributed by atoms with Gasteiger partial charge in [-0.2, -0.15) is 0 Å². The van der Waals surface area contributed by atoms with Gasteiger partial charge in [0.15, 0.2) is 0 Å². The highest BCUT2D eigenvalue weighted by Gasteiger charge is 2.07. The Labute approximate surface area is 83.8 Å². The van der Waals surface area contributed by atoms with Crippen molar-refractivity contribution in [2.24, 2.45) is 0 Å². The van der Waals surface area contributed by atoms with Crippen molar-refractivity contribution in [1.82, 2.24) is 0 Å². The van der Waals surface area contributed by atoms with E-state index in [1.807, 2.05) is 0 Å². The van der Waals surface area contributed by atoms with E-state index in [0.717, 1.165) is 0 Å². The van der Waals surface area contributed by atoms with Crippen LogP contribution in [0.25, 0.3) is 0 Å². The van der Waals surface area contributed by atoms with E-state index in [9.17, 15) is 9.18 Å². The van der Waals surface area contributed by atoms with Crippen LogP contribution in [0.4, 0.5) is 4.39 Å². The number of hydrogen-bond acceptors (Lipinski definition) is 2. The van der Waals surface area contributed by atoms with E-state index in [2.05, 4.69) is 20.7 Å². The number of methoxy groups -OCH3 is 1. The second-order valence-corrected chi connectivity index (χ2v) is 3.29. The molecule has 0 spiro atoms. The lowest BCUT2D eigenvalue weighted by molar-refractivity contribution is 0.0600. The number of alkyl halides is 1. The Hall–Kier alpha value is -0.900. The second-order valence-electron chi connectivity index (χ2n) is 2.43. The molecule has 13 heavy (non-hydrogen) atoms. The van der Waals surface area contributed by atoms with Crippen LogP contribution < -0.4 is 0 Å². The third kappa shape index (κ3) is 2.28. The van der Waals surface area contributed by atoms with Crippen molar-refractivity contribution >= 4 is 21.9 Å². The van der Waals surface area contributed by atoms with Crippen molar-refractivity contribution in [1.29, 1.82) is 0 Å². The first kappa shape index (κ1) is 10.2. The van der Waals surface area contributed by atoms with Crippen molar-refractivity contribution in [2.45, 2.75) is 6.67 Å². The van der Waals surface area contributed by atoms with E-state index < -0.39 is 12.6 Å². The fourth-order valence-corrected chi connectivity index (χ4v) is 1.27. The van der Waals surface area contributed by atoms with E-state index in [4.69, 9.17) is 0 Å². The molecule has 0 heterocycles. The summed E-state index contributed by atoms with van der Waals surface area (Å²) < 4.78 is 17.5. The largest absolute Gasteiger partial charge is 0.465 e. The maximum absolute atomic E-state index is 12.4. The van der Waals surface area contributed by atoms with Gasteiger partial charge in [0.2, 0.25) is 0 Å². The van der Waals surface area contributed by atoms with E-state index in [0.29, 0.717) is 15.6 Å². The van der Waals surface area contributed by atoms with Crippen LogP contribution in [0.1, 0.15) is 15.9 Å². The SMILES string of the molecule is COC(=O)c1ccc(Br)c(CF)c1. The number of carbonyl (C=O) groups is 1. The predicted molar refractivity (Wildman–Crippen MR) is 50.3 cm³/mol. The Morgan fingerprint density at radius 1 is 1.62 bits per heavy atom. The Bertz CT molecular complexity index is 325. The van der Waals surface area contributed by atoms with Crippen molar-refractivity contribution in [3.63, 3.8) is 0 Å². The minimum Gasteiger partial charge on any atom is -0.465 e. The summed E-state index contributed by atoms with van der Waals surface area (Å²) in [5.74, 6) is -0.456. The monoisotopic (exact) mass is 246 g/mol. The lowest BCUT2D eigenvalue weighted by Gasteiger charge is -2.02. The van der Waals surface area contributed by atoms with Gasteiger partial charge in [-0.15, -0.1) is 0 Å². The van der Waals surface area contributed by atoms with Crippen molar-refractivity contribution in [2.75, 3.05) is 7.11 Å². The minimum atomic E-state index is -0.606. The number of benzene rings is 1. The fourth-order valence-electron chi connectivity index (χ4n) is 0.922. The average molecular weight is 247 g/mol. The zero-order valence-corrected chi connectivity index (χ0v) is 8.60. The Morgan fingerprint density at radius 2 is 2.31 bits per heavy atom. The van der Waals surface area contributed by atoms with E-state index in [1.165, 1.54) is 13.2 Å². The van der Waals surface area contributed by atoms with Crippen LogP contribution in [-0.2, 0) is 11.4 Å². The average Bonchev–Trinajstić information content (AvgIpc) is 2.17. The summed E-state index contributed by atoms with van der Waals surface area (Å²) in [6.45, 7) is -0.606. The summed E-state index contributed by atoms with van der Waals surface area (Å²) in [5, 5.41) is 0. The predicted octanol–water partition coefficient (Wildman–Crippen LogP) is 2.71. The Kier molecular flexibility index (Phi) is 3.42. The van der Waals surface area contributed by atoms with Gasteiger partial charge in [0, 0.05) is 4.47 Å². The van der Waals surface area contributed by atoms with Crippen LogP contribution in [0.3, 0.4) is 0 Å². The zero-order chi connectivity index (χ0) is 9.84. The molecule has 0 atom stereocenters. The number of ether oxygens (including phenoxy) is 1. The molecule has 0 aliphatic rings. The van der Waals surface area contributed by atoms with Gasteiger partial charge in [-0.05, 0) is 23.8 Å². The minimum absolute atomic E-state index is 0.360. The lowest BCUT2D eigenvalue weighted by atomic mass is 10.1. The number of hydrogen-bond donors (Lipinski definition) is 0. The molecular weight excluding hydrogens is 239 g/mol. The molecule has 4 heteroatoms. The van der Waals surface area contributed by atoms with Crippen LogP contribution in [0.5, 0.6) is 0 Å². The molecule has 2 nitrogen and oxygen atoms in total. The highest BCUT2D eigenvalue weighted by Crippen LogP contribution is 2.19. The summed E-state index contributed by atoms with van der Waals surface area (Å²) in [5.41, 5.74) is 0.807. The Morgan fingerprint density at radius 3 is 2.85 bits per heavy atom. The molecule has 0 saturated heterocycles. The third-order valence-corrected chi connectivity index (χ3v) is 2.38. The molecule has 0 N–H and O–H groups in total. The molecule has 0 saturated carbocycles. The molecule has 0 aliphatic heterocycles. The fraction of sp³-hybridized carbons (Fsp3) is 0.222. The molecule has 0 amide bonds. The van der Waals surface area contributed by atoms with Crippen LogP contribution in [-0.4, -0.2) is 13.1 Å². The van der Waals surface area contributed by atoms with Gasteiger partial charge in [0.25, 0.3) is 0 Å². The second kappa shape index (κ2) is 4.37. The summed E-state index contributed by atoms with van der Waals surface area (Å²) in [7, 11) is 1.29. The van der Waals surface area contributed by atoms with E-state index in [1.54, 1.807) is 12.1 Å². The summed E-state index contributed by atoms with van der Waals surface area (Å²) in [4.78, 5) is 11.0. The van der Waals surface area contributed by atoms with E-state index >= 15 is 0 Å². The molecule has 0 unspecified atom stereocenters. The Balaban J connectivity index is 3.06. The zero-order valence-electron chi connectivity index (χ0n) is 7.01. The lowest BCUT2D eigenvalue weighted by Crippen LogP contribution is -2.01. The number of carbonyl (C=O) groups excluding carboxylic acids is 1. The number of halogens is 2. The number of esters is 1. The van der Waals surface area contributed by atoms with E-state index in [-0.39, 0.29) is 0 Å². The third-order valence-electron chi connectivity index (χ3n) is 1.61. The highest BCUT2D eigenvalue weighted by molar-refractivity contribution is 9.10. The van der Waals surface area contributed by atoms with Gasteiger partial charge < -0.3 is 4.74 Å². The van der Waals surface area contributed by atoms with Gasteiger partial charge >= 0.3 is 5.97 Å². The van der Waals surface area contributed by atoms with Crippen molar-refractivity contribution in [3.8, 4) is 0 Å². The quantitative estimate of drug-likeness (QED) is 0.751. The first-order chi connectivity index (χ1) is 6.19. The molecule has 0 aliphatic carbocycles. The molecule has 1 rings (SSSR count). The standard InChI is InChI=1S/C9H8BrFO2/c1-13-9(12)6-2-3-8(10)7(4-6)5-11/h2-4H,5H2,1H3. The molecule has 1 aromatic carbocycles. The highest BCUT2D eigenvalue weighted by atomic mass is 79.9. The van der Waals surface area contributed by atoms with Crippen LogP contribution in [0, 0.1) is 0 Å². The molecule has 0 fully saturated rings. The normalized spacial score (nSPS) is 9.77. The first-order valence-electron chi connectivity index (χ1n) is 3.61. The molecule has 70 valence electrons. The van der Waals surface area contributed by atoms with Gasteiger partial charge in [-0.25, -0.2) is 9.18 Å². The van der Waals surface area contributed by atoms with Crippen molar-refractivity contribution in [3.05, 3.63) is 33.8 Å². The maximum atomic E-state index is 12.4. The van der Waals surface area contributed by atoms with Gasteiger partial charge in [0.05, 0.1) is 12.7 Å². The summed E-state index contributed by atoms with van der Waals surface area (Å²) >= 11 is 3.17. The van der Waals surface area contributed by atoms with Crippen LogP contribution in [0.2, 0.25) is 0 Å². The van der Waals surface area contributed by atoms with Gasteiger partial charge in [-0.3, -0.25) is 0 Å². The molecule has 0 aromatic heterocycles. The van der Waals surface area contributed by atoms with Gasteiger partial charge in [-0.1, -0.05) is 15.9 Å². The van der Waals surface area contributed by atoms with Crippen LogP contribution >= 0.6 is 15.9 Å². The van der Waals surface area contributed by atoms with Crippen molar-refractivity contribution < 1.29 is 13.9 Å². The molecule has 0 bridgehead atoms. The number of rotatable bonds is 2. The smallest absolute Gasteiger partial charge is 0.337 e. The first-order valence-corrected chi connectivity index (χ1v) is 4.41. The topological polar surface area (TPSA) is 26.3 Å². The van der Waals surface area contributed by atoms with Gasteiger partial charge in [0.1, 0.15) is 6.67 Å². The summed E-state index contributed by atoms with van der Waals surface area (Å²) in [6.07, 6.45) is 0. The van der Waals surface area contributed by atoms with Crippen LogP contribution in [0.15, 0.2) is 22.7 Å². The molecular formula is C9H8BrFO2. The molecule has 1 aromatic rings.